The average molecular weight is 717 g/mol. The minimum Gasteiger partial charge on any atom is -0.392 e. The van der Waals surface area contributed by atoms with E-state index in [1.165, 1.54) is 5.56 Å². The number of nitrogens with one attached hydrogen (secondary N) is 1. The van der Waals surface area contributed by atoms with Crippen LogP contribution in [0.25, 0.3) is 11.1 Å². The van der Waals surface area contributed by atoms with E-state index in [1.807, 2.05) is 72.8 Å². The maximum absolute atomic E-state index is 14.1. The Hall–Kier alpha value is -4.94. The molecule has 1 aliphatic rings. The number of hydrogen-bond donors (Lipinski definition) is 2. The highest BCUT2D eigenvalue weighted by molar-refractivity contribution is 5.94. The smallest absolute Gasteiger partial charge is 0.257 e. The van der Waals surface area contributed by atoms with Crippen LogP contribution in [0.2, 0.25) is 0 Å². The van der Waals surface area contributed by atoms with Gasteiger partial charge in [0.2, 0.25) is 5.82 Å². The number of carbonyl (C=O) groups is 1. The first-order chi connectivity index (χ1) is 25.0. The topological polar surface area (TPSA) is 71.0 Å². The van der Waals surface area contributed by atoms with Gasteiger partial charge in [0.15, 0.2) is 29.6 Å². The Morgan fingerprint density at radius 3 is 2.06 bits per heavy atom. The summed E-state index contributed by atoms with van der Waals surface area (Å²) < 4.78 is 82.0. The molecule has 6 rings (SSSR count). The predicted molar refractivity (Wildman–Crippen MR) is 185 cm³/mol. The van der Waals surface area contributed by atoms with Crippen LogP contribution in [0, 0.1) is 29.1 Å². The Bertz CT molecular complexity index is 1980. The predicted octanol–water partition coefficient (Wildman–Crippen LogP) is 8.71. The highest BCUT2D eigenvalue weighted by Gasteiger charge is 2.34. The van der Waals surface area contributed by atoms with Crippen molar-refractivity contribution in [1.82, 2.24) is 10.2 Å². The van der Waals surface area contributed by atoms with Crippen molar-refractivity contribution in [3.05, 3.63) is 166 Å². The molecule has 5 aromatic carbocycles. The fraction of sp³-hybridized carbons (Fsp3) is 0.244. The number of amides is 1. The van der Waals surface area contributed by atoms with Crippen LogP contribution in [0.15, 0.2) is 103 Å². The molecule has 52 heavy (non-hydrogen) atoms. The molecule has 1 heterocycles. The minimum atomic E-state index is -2.33. The van der Waals surface area contributed by atoms with Gasteiger partial charge in [-0.15, -0.1) is 0 Å². The summed E-state index contributed by atoms with van der Waals surface area (Å²) in [5, 5.41) is 11.8. The Balaban J connectivity index is 1.17. The van der Waals surface area contributed by atoms with Gasteiger partial charge in [0.05, 0.1) is 18.8 Å². The van der Waals surface area contributed by atoms with Crippen molar-refractivity contribution >= 4 is 5.91 Å². The summed E-state index contributed by atoms with van der Waals surface area (Å²) in [6.07, 6.45) is -0.451. The van der Waals surface area contributed by atoms with E-state index < -0.39 is 46.8 Å². The van der Waals surface area contributed by atoms with Gasteiger partial charge in [0, 0.05) is 31.1 Å². The van der Waals surface area contributed by atoms with E-state index in [2.05, 4.69) is 36.3 Å². The Labute approximate surface area is 298 Å². The van der Waals surface area contributed by atoms with E-state index in [0.717, 1.165) is 27.8 Å². The summed E-state index contributed by atoms with van der Waals surface area (Å²) in [7, 11) is 2.07. The van der Waals surface area contributed by atoms with Crippen LogP contribution in [0.5, 0.6) is 0 Å². The third-order valence-corrected chi connectivity index (χ3v) is 9.38. The van der Waals surface area contributed by atoms with Crippen molar-refractivity contribution in [3.8, 4) is 11.1 Å². The zero-order valence-electron chi connectivity index (χ0n) is 28.5. The lowest BCUT2D eigenvalue weighted by atomic mass is 9.98. The third-order valence-electron chi connectivity index (χ3n) is 9.38. The highest BCUT2D eigenvalue weighted by Crippen LogP contribution is 2.39. The first-order valence-corrected chi connectivity index (χ1v) is 16.8. The highest BCUT2D eigenvalue weighted by atomic mass is 19.2. The van der Waals surface area contributed by atoms with Crippen LogP contribution in [0.4, 0.5) is 22.0 Å². The van der Waals surface area contributed by atoms with E-state index in [4.69, 9.17) is 9.47 Å². The molecule has 0 bridgehead atoms. The molecule has 0 spiro atoms. The molecule has 2 N–H and O–H groups in total. The van der Waals surface area contributed by atoms with Crippen LogP contribution in [-0.2, 0) is 22.6 Å². The van der Waals surface area contributed by atoms with Gasteiger partial charge in [-0.1, -0.05) is 97.1 Å². The van der Waals surface area contributed by atoms with Gasteiger partial charge >= 0.3 is 0 Å². The third kappa shape index (κ3) is 8.08. The first-order valence-electron chi connectivity index (χ1n) is 16.8. The maximum atomic E-state index is 14.1. The molecule has 6 nitrogen and oxygen atoms in total. The van der Waals surface area contributed by atoms with Crippen molar-refractivity contribution in [2.24, 2.45) is 0 Å². The van der Waals surface area contributed by atoms with E-state index in [9.17, 15) is 31.9 Å². The maximum Gasteiger partial charge on any atom is 0.257 e. The van der Waals surface area contributed by atoms with Crippen molar-refractivity contribution < 1.29 is 41.3 Å². The van der Waals surface area contributed by atoms with E-state index in [-0.39, 0.29) is 31.4 Å². The van der Waals surface area contributed by atoms with Crippen LogP contribution in [0.3, 0.4) is 0 Å². The Kier molecular flexibility index (Phi) is 11.5. The van der Waals surface area contributed by atoms with Gasteiger partial charge in [-0.2, -0.15) is 0 Å². The summed E-state index contributed by atoms with van der Waals surface area (Å²) in [6.45, 7) is 2.54. The first kappa shape index (κ1) is 36.8. The van der Waals surface area contributed by atoms with Crippen molar-refractivity contribution in [2.45, 2.75) is 51.0 Å². The molecule has 1 saturated heterocycles. The number of carbonyl (C=O) groups excluding carboxylic acids is 1. The molecule has 1 amide bonds. The summed E-state index contributed by atoms with van der Waals surface area (Å²) in [6, 6.07) is 32.7. The molecule has 0 aromatic heterocycles. The largest absolute Gasteiger partial charge is 0.392 e. The van der Waals surface area contributed by atoms with Gasteiger partial charge in [-0.25, -0.2) is 22.0 Å². The molecule has 0 aliphatic carbocycles. The van der Waals surface area contributed by atoms with Crippen LogP contribution in [-0.4, -0.2) is 35.6 Å². The number of rotatable bonds is 11. The summed E-state index contributed by atoms with van der Waals surface area (Å²) in [5.74, 6) is -12.5. The molecule has 1 fully saturated rings. The second-order valence-corrected chi connectivity index (χ2v) is 12.8. The van der Waals surface area contributed by atoms with Gasteiger partial charge in [0.1, 0.15) is 5.56 Å². The van der Waals surface area contributed by atoms with Crippen molar-refractivity contribution in [3.63, 3.8) is 0 Å². The molecule has 11 heteroatoms. The second kappa shape index (κ2) is 16.2. The summed E-state index contributed by atoms with van der Waals surface area (Å²) in [4.78, 5) is 14.7. The SMILES string of the molecule is C[C@@H](c1ccccc1)N(C)C[C@@H]1C[C@H](c2ccc(CO)cc2)O[C@H](c2ccc(-c3cccc(CNC(=O)c4c(F)c(F)c(F)c(F)c4F)c3)cc2)O1. The number of nitrogens with zero attached hydrogens (tertiary/aromatic N) is 1. The van der Waals surface area contributed by atoms with Gasteiger partial charge in [0.25, 0.3) is 5.91 Å². The lowest BCUT2D eigenvalue weighted by Crippen LogP contribution is -2.38. The van der Waals surface area contributed by atoms with E-state index in [1.54, 1.807) is 18.2 Å². The molecule has 5 aromatic rings. The Morgan fingerprint density at radius 1 is 0.769 bits per heavy atom. The zero-order valence-corrected chi connectivity index (χ0v) is 28.5. The average Bonchev–Trinajstić information content (AvgIpc) is 3.18. The number of aliphatic hydroxyl groups is 1. The quantitative estimate of drug-likeness (QED) is 0.0814. The number of likely N-dealkylation sites (N-methyl/N-ethyl adjacent to an activating group) is 1. The second-order valence-electron chi connectivity index (χ2n) is 12.8. The van der Waals surface area contributed by atoms with Gasteiger partial charge in [-0.3, -0.25) is 9.69 Å². The number of halogens is 5. The molecule has 4 atom stereocenters. The molecule has 1 aliphatic heterocycles. The zero-order chi connectivity index (χ0) is 36.9. The fourth-order valence-electron chi connectivity index (χ4n) is 6.27. The molecule has 270 valence electrons. The molecular weight excluding hydrogens is 679 g/mol. The van der Waals surface area contributed by atoms with Crippen LogP contribution >= 0.6 is 0 Å². The standard InChI is InChI=1S/C41H37F5N2O4/c1-24(27-8-4-3-5-9-27)48(2)22-32-20-33(29-13-11-25(23-49)12-14-29)52-41(51-32)30-17-15-28(16-18-30)31-10-6-7-26(19-31)21-47-40(50)34-35(42)37(44)39(46)38(45)36(34)43/h3-19,24,32-33,41,49H,20-23H2,1-2H3,(H,47,50)/t24-,32-,33+,41+/m0/s1. The van der Waals surface area contributed by atoms with E-state index >= 15 is 0 Å². The molecule has 0 saturated carbocycles. The number of ether oxygens (including phenoxy) is 2. The minimum absolute atomic E-state index is 0.0510. The van der Waals surface area contributed by atoms with E-state index in [0.29, 0.717) is 18.5 Å². The number of aliphatic hydroxyl groups excluding tert-OH is 1. The summed E-state index contributed by atoms with van der Waals surface area (Å²) >= 11 is 0. The van der Waals surface area contributed by atoms with Crippen molar-refractivity contribution in [2.75, 3.05) is 13.6 Å². The molecular formula is C41H37F5N2O4. The fourth-order valence-corrected chi connectivity index (χ4v) is 6.27. The van der Waals surface area contributed by atoms with Crippen molar-refractivity contribution in [1.29, 1.82) is 0 Å². The van der Waals surface area contributed by atoms with Gasteiger partial charge in [-0.05, 0) is 53.4 Å². The van der Waals surface area contributed by atoms with Gasteiger partial charge < -0.3 is 19.9 Å². The monoisotopic (exact) mass is 716 g/mol. The molecule has 0 radical (unpaired) electrons. The Morgan fingerprint density at radius 2 is 1.40 bits per heavy atom. The van der Waals surface area contributed by atoms with Crippen LogP contribution < -0.4 is 5.32 Å². The lowest BCUT2D eigenvalue weighted by Gasteiger charge is -2.39. The normalized spacial score (nSPS) is 18.0. The lowest BCUT2D eigenvalue weighted by molar-refractivity contribution is -0.253. The summed E-state index contributed by atoms with van der Waals surface area (Å²) in [5.41, 5.74) is 4.36. The molecule has 0 unspecified atom stereocenters. The number of benzene rings is 5. The number of hydrogen-bond acceptors (Lipinski definition) is 5. The van der Waals surface area contributed by atoms with Crippen LogP contribution in [0.1, 0.15) is 70.0 Å².